The molecule has 0 bridgehead atoms. The lowest BCUT2D eigenvalue weighted by atomic mass is 9.84. The number of carbonyl (C=O) groups is 2. The minimum atomic E-state index is -0.324. The Bertz CT molecular complexity index is 406. The molecule has 1 aliphatic heterocycles. The van der Waals surface area contributed by atoms with Crippen LogP contribution in [0.15, 0.2) is 0 Å². The molecule has 22 heavy (non-hydrogen) atoms. The SMILES string of the molecule is O=C(CC1CCCC1)NC1CCC(C(=O)N2CC(O)C2)CC1. The van der Waals surface area contributed by atoms with E-state index >= 15 is 0 Å². The van der Waals surface area contributed by atoms with Crippen molar-refractivity contribution in [1.82, 2.24) is 10.2 Å². The third-order valence-electron chi connectivity index (χ3n) is 5.56. The van der Waals surface area contributed by atoms with Crippen LogP contribution >= 0.6 is 0 Å². The average molecular weight is 308 g/mol. The molecule has 0 aromatic heterocycles. The van der Waals surface area contributed by atoms with Crippen molar-refractivity contribution in [3.05, 3.63) is 0 Å². The standard InChI is InChI=1S/C17H28N2O3/c20-15-10-19(11-15)17(22)13-5-7-14(8-6-13)18-16(21)9-12-3-1-2-4-12/h12-15,20H,1-11H2,(H,18,21). The van der Waals surface area contributed by atoms with Crippen LogP contribution in [0.25, 0.3) is 0 Å². The van der Waals surface area contributed by atoms with Gasteiger partial charge in [-0.15, -0.1) is 0 Å². The second-order valence-electron chi connectivity index (χ2n) is 7.37. The number of hydrogen-bond donors (Lipinski definition) is 2. The molecule has 0 aromatic carbocycles. The second kappa shape index (κ2) is 6.99. The molecule has 0 unspecified atom stereocenters. The van der Waals surface area contributed by atoms with Gasteiger partial charge in [-0.25, -0.2) is 0 Å². The van der Waals surface area contributed by atoms with Gasteiger partial charge < -0.3 is 15.3 Å². The zero-order valence-electron chi connectivity index (χ0n) is 13.3. The first kappa shape index (κ1) is 15.8. The van der Waals surface area contributed by atoms with Gasteiger partial charge in [-0.1, -0.05) is 12.8 Å². The molecule has 5 nitrogen and oxygen atoms in total. The number of likely N-dealkylation sites (tertiary alicyclic amines) is 1. The van der Waals surface area contributed by atoms with Gasteiger partial charge in [0.25, 0.3) is 0 Å². The summed E-state index contributed by atoms with van der Waals surface area (Å²) in [5.41, 5.74) is 0. The number of β-amino-alcohol motifs (C(OH)–C–C–N with tert-alkyl or cyclic N) is 1. The Kier molecular flexibility index (Phi) is 5.01. The zero-order chi connectivity index (χ0) is 15.5. The summed E-state index contributed by atoms with van der Waals surface area (Å²) in [6.45, 7) is 0.994. The van der Waals surface area contributed by atoms with E-state index in [9.17, 15) is 14.7 Å². The highest BCUT2D eigenvalue weighted by atomic mass is 16.3. The molecule has 3 fully saturated rings. The number of amides is 2. The van der Waals surface area contributed by atoms with Gasteiger partial charge in [-0.05, 0) is 44.4 Å². The van der Waals surface area contributed by atoms with Crippen molar-refractivity contribution in [2.24, 2.45) is 11.8 Å². The molecule has 2 aliphatic carbocycles. The largest absolute Gasteiger partial charge is 0.389 e. The third kappa shape index (κ3) is 3.80. The summed E-state index contributed by atoms with van der Waals surface area (Å²) in [6, 6.07) is 0.250. The Morgan fingerprint density at radius 1 is 1.00 bits per heavy atom. The Labute approximate surface area is 132 Å². The van der Waals surface area contributed by atoms with Crippen molar-refractivity contribution in [1.29, 1.82) is 0 Å². The Hall–Kier alpha value is -1.10. The van der Waals surface area contributed by atoms with E-state index in [2.05, 4.69) is 5.32 Å². The summed E-state index contributed by atoms with van der Waals surface area (Å²) >= 11 is 0. The van der Waals surface area contributed by atoms with Crippen molar-refractivity contribution in [3.8, 4) is 0 Å². The molecule has 0 atom stereocenters. The highest BCUT2D eigenvalue weighted by Crippen LogP contribution is 2.29. The fourth-order valence-corrected chi connectivity index (χ4v) is 4.14. The number of nitrogens with one attached hydrogen (secondary N) is 1. The van der Waals surface area contributed by atoms with Crippen LogP contribution in [0.3, 0.4) is 0 Å². The summed E-state index contributed by atoms with van der Waals surface area (Å²) in [5.74, 6) is 1.08. The number of nitrogens with zero attached hydrogens (tertiary/aromatic N) is 1. The van der Waals surface area contributed by atoms with E-state index in [0.717, 1.165) is 25.7 Å². The zero-order valence-corrected chi connectivity index (χ0v) is 13.3. The molecule has 2 amide bonds. The maximum absolute atomic E-state index is 12.2. The van der Waals surface area contributed by atoms with Crippen molar-refractivity contribution in [3.63, 3.8) is 0 Å². The van der Waals surface area contributed by atoms with E-state index < -0.39 is 0 Å². The minimum Gasteiger partial charge on any atom is -0.389 e. The van der Waals surface area contributed by atoms with Crippen molar-refractivity contribution >= 4 is 11.8 Å². The van der Waals surface area contributed by atoms with Crippen molar-refractivity contribution < 1.29 is 14.7 Å². The highest BCUT2D eigenvalue weighted by molar-refractivity contribution is 5.80. The van der Waals surface area contributed by atoms with Crippen molar-refractivity contribution in [2.45, 2.75) is 69.9 Å². The molecule has 124 valence electrons. The van der Waals surface area contributed by atoms with E-state index in [4.69, 9.17) is 0 Å². The first-order chi connectivity index (χ1) is 10.6. The fourth-order valence-electron chi connectivity index (χ4n) is 4.14. The molecular weight excluding hydrogens is 280 g/mol. The number of rotatable bonds is 4. The van der Waals surface area contributed by atoms with Gasteiger partial charge in [0.1, 0.15) is 0 Å². The Balaban J connectivity index is 1.36. The first-order valence-corrected chi connectivity index (χ1v) is 8.88. The summed E-state index contributed by atoms with van der Waals surface area (Å²) in [4.78, 5) is 26.0. The third-order valence-corrected chi connectivity index (χ3v) is 5.56. The normalized spacial score (nSPS) is 30.1. The molecule has 2 saturated carbocycles. The lowest BCUT2D eigenvalue weighted by Crippen LogP contribution is -2.55. The molecule has 3 rings (SSSR count). The van der Waals surface area contributed by atoms with Gasteiger partial charge in [0.05, 0.1) is 6.10 Å². The molecular formula is C17H28N2O3. The minimum absolute atomic E-state index is 0.0930. The summed E-state index contributed by atoms with van der Waals surface area (Å²) in [5, 5.41) is 12.4. The van der Waals surface area contributed by atoms with Crippen LogP contribution in [0.4, 0.5) is 0 Å². The van der Waals surface area contributed by atoms with Gasteiger partial charge in [-0.3, -0.25) is 9.59 Å². The average Bonchev–Trinajstić information content (AvgIpc) is 2.97. The van der Waals surface area contributed by atoms with Crippen LogP contribution in [-0.4, -0.2) is 47.1 Å². The predicted molar refractivity (Wildman–Crippen MR) is 83.1 cm³/mol. The molecule has 0 radical (unpaired) electrons. The monoisotopic (exact) mass is 308 g/mol. The van der Waals surface area contributed by atoms with E-state index in [1.807, 2.05) is 0 Å². The molecule has 3 aliphatic rings. The summed E-state index contributed by atoms with van der Waals surface area (Å²) in [7, 11) is 0. The maximum atomic E-state index is 12.2. The van der Waals surface area contributed by atoms with E-state index in [0.29, 0.717) is 25.4 Å². The van der Waals surface area contributed by atoms with E-state index in [1.54, 1.807) is 4.90 Å². The number of carbonyl (C=O) groups excluding carboxylic acids is 2. The number of aliphatic hydroxyl groups is 1. The van der Waals surface area contributed by atoms with Gasteiger partial charge in [-0.2, -0.15) is 0 Å². The lowest BCUT2D eigenvalue weighted by molar-refractivity contribution is -0.146. The van der Waals surface area contributed by atoms with Gasteiger partial charge in [0.15, 0.2) is 0 Å². The summed E-state index contributed by atoms with van der Waals surface area (Å²) in [6.07, 6.45) is 8.85. The topological polar surface area (TPSA) is 69.6 Å². The number of aliphatic hydroxyl groups excluding tert-OH is 1. The Morgan fingerprint density at radius 3 is 2.23 bits per heavy atom. The van der Waals surface area contributed by atoms with Crippen LogP contribution in [0.2, 0.25) is 0 Å². The van der Waals surface area contributed by atoms with Gasteiger partial charge in [0, 0.05) is 31.5 Å². The maximum Gasteiger partial charge on any atom is 0.225 e. The van der Waals surface area contributed by atoms with Gasteiger partial charge >= 0.3 is 0 Å². The first-order valence-electron chi connectivity index (χ1n) is 8.88. The molecule has 1 saturated heterocycles. The fraction of sp³-hybridized carbons (Fsp3) is 0.882. The number of hydrogen-bond acceptors (Lipinski definition) is 3. The van der Waals surface area contributed by atoms with Crippen LogP contribution in [0.5, 0.6) is 0 Å². The van der Waals surface area contributed by atoms with Crippen LogP contribution in [-0.2, 0) is 9.59 Å². The Morgan fingerprint density at radius 2 is 1.64 bits per heavy atom. The van der Waals surface area contributed by atoms with E-state index in [1.165, 1.54) is 25.7 Å². The molecule has 5 heteroatoms. The molecule has 0 spiro atoms. The smallest absolute Gasteiger partial charge is 0.225 e. The van der Waals surface area contributed by atoms with Crippen LogP contribution < -0.4 is 5.32 Å². The van der Waals surface area contributed by atoms with Crippen LogP contribution in [0.1, 0.15) is 57.8 Å². The molecule has 1 heterocycles. The van der Waals surface area contributed by atoms with Gasteiger partial charge in [0.2, 0.25) is 11.8 Å². The quantitative estimate of drug-likeness (QED) is 0.826. The van der Waals surface area contributed by atoms with Crippen molar-refractivity contribution in [2.75, 3.05) is 13.1 Å². The highest BCUT2D eigenvalue weighted by Gasteiger charge is 2.35. The molecule has 2 N–H and O–H groups in total. The molecule has 0 aromatic rings. The second-order valence-corrected chi connectivity index (χ2v) is 7.37. The summed E-state index contributed by atoms with van der Waals surface area (Å²) < 4.78 is 0. The van der Waals surface area contributed by atoms with Crippen LogP contribution in [0, 0.1) is 11.8 Å². The van der Waals surface area contributed by atoms with E-state index in [-0.39, 0.29) is 29.9 Å². The predicted octanol–water partition coefficient (Wildman–Crippen LogP) is 1.44. The lowest BCUT2D eigenvalue weighted by Gasteiger charge is -2.39.